The Morgan fingerprint density at radius 1 is 1.11 bits per heavy atom. The van der Waals surface area contributed by atoms with E-state index in [1.165, 1.54) is 5.56 Å². The van der Waals surface area contributed by atoms with E-state index in [-0.39, 0.29) is 6.10 Å². The van der Waals surface area contributed by atoms with Crippen molar-refractivity contribution in [1.29, 1.82) is 0 Å². The van der Waals surface area contributed by atoms with Crippen LogP contribution in [0.5, 0.6) is 0 Å². The van der Waals surface area contributed by atoms with E-state index in [0.29, 0.717) is 0 Å². The molecule has 1 aromatic heterocycles. The van der Waals surface area contributed by atoms with Gasteiger partial charge < -0.3 is 10.0 Å². The number of hydrogen-bond donors (Lipinski definition) is 1. The number of pyridine rings is 1. The molecule has 0 fully saturated rings. The van der Waals surface area contributed by atoms with Crippen molar-refractivity contribution in [2.45, 2.75) is 26.0 Å². The predicted molar refractivity (Wildman–Crippen MR) is 78.0 cm³/mol. The zero-order valence-corrected chi connectivity index (χ0v) is 11.5. The molecule has 1 aromatic carbocycles. The number of hydrogen-bond acceptors (Lipinski definition) is 3. The summed E-state index contributed by atoms with van der Waals surface area (Å²) in [6.07, 6.45) is 4.00. The Hall–Kier alpha value is -1.87. The van der Waals surface area contributed by atoms with E-state index in [1.54, 1.807) is 0 Å². The second-order valence-corrected chi connectivity index (χ2v) is 4.73. The average Bonchev–Trinajstić information content (AvgIpc) is 2.47. The molecule has 0 saturated carbocycles. The summed E-state index contributed by atoms with van der Waals surface area (Å²) in [6, 6.07) is 12.1. The van der Waals surface area contributed by atoms with E-state index in [1.807, 2.05) is 43.6 Å². The molecule has 0 aliphatic heterocycles. The highest BCUT2D eigenvalue weighted by atomic mass is 16.3. The summed E-state index contributed by atoms with van der Waals surface area (Å²) in [5.74, 6) is 0. The minimum absolute atomic E-state index is 0.362. The standard InChI is InChI=1S/C16H20N2O/c1-3-16(19)14-4-6-15(7-5-14)18(2)12-13-8-10-17-11-9-13/h4-11,16,19H,3,12H2,1-2H3/t16-/m0/s1. The molecule has 0 aliphatic rings. The van der Waals surface area contributed by atoms with Crippen LogP contribution in [0.15, 0.2) is 48.8 Å². The Labute approximate surface area is 114 Å². The van der Waals surface area contributed by atoms with E-state index >= 15 is 0 Å². The Morgan fingerprint density at radius 2 is 1.74 bits per heavy atom. The first-order chi connectivity index (χ1) is 9.20. The first-order valence-electron chi connectivity index (χ1n) is 6.58. The smallest absolute Gasteiger partial charge is 0.0787 e. The molecule has 0 radical (unpaired) electrons. The number of nitrogens with zero attached hydrogens (tertiary/aromatic N) is 2. The van der Waals surface area contributed by atoms with Crippen molar-refractivity contribution in [2.75, 3.05) is 11.9 Å². The fourth-order valence-electron chi connectivity index (χ4n) is 2.04. The summed E-state index contributed by atoms with van der Waals surface area (Å²) in [5, 5.41) is 9.77. The summed E-state index contributed by atoms with van der Waals surface area (Å²) < 4.78 is 0. The highest BCUT2D eigenvalue weighted by Crippen LogP contribution is 2.21. The van der Waals surface area contributed by atoms with Crippen LogP contribution in [0.2, 0.25) is 0 Å². The van der Waals surface area contributed by atoms with Crippen LogP contribution in [-0.4, -0.2) is 17.1 Å². The molecule has 0 amide bonds. The Morgan fingerprint density at radius 3 is 2.32 bits per heavy atom. The van der Waals surface area contributed by atoms with Crippen molar-refractivity contribution in [3.8, 4) is 0 Å². The molecule has 2 aromatic rings. The van der Waals surface area contributed by atoms with Gasteiger partial charge in [-0.2, -0.15) is 0 Å². The third kappa shape index (κ3) is 3.55. The number of aliphatic hydroxyl groups excluding tert-OH is 1. The molecule has 100 valence electrons. The van der Waals surface area contributed by atoms with Gasteiger partial charge in [0.2, 0.25) is 0 Å². The first-order valence-corrected chi connectivity index (χ1v) is 6.58. The topological polar surface area (TPSA) is 36.4 Å². The minimum atomic E-state index is -0.362. The first kappa shape index (κ1) is 13.6. The lowest BCUT2D eigenvalue weighted by molar-refractivity contribution is 0.173. The van der Waals surface area contributed by atoms with E-state index in [4.69, 9.17) is 0 Å². The second kappa shape index (κ2) is 6.34. The molecule has 3 nitrogen and oxygen atoms in total. The number of rotatable bonds is 5. The summed E-state index contributed by atoms with van der Waals surface area (Å²) >= 11 is 0. The van der Waals surface area contributed by atoms with E-state index < -0.39 is 0 Å². The Bertz CT molecular complexity index is 496. The Kier molecular flexibility index (Phi) is 4.53. The van der Waals surface area contributed by atoms with Crippen molar-refractivity contribution in [3.05, 3.63) is 59.9 Å². The quantitative estimate of drug-likeness (QED) is 0.892. The largest absolute Gasteiger partial charge is 0.388 e. The van der Waals surface area contributed by atoms with E-state index in [0.717, 1.165) is 24.2 Å². The monoisotopic (exact) mass is 256 g/mol. The molecule has 1 heterocycles. The van der Waals surface area contributed by atoms with Crippen molar-refractivity contribution < 1.29 is 5.11 Å². The highest BCUT2D eigenvalue weighted by molar-refractivity contribution is 5.47. The molecular formula is C16H20N2O. The molecule has 0 aliphatic carbocycles. The van der Waals surface area contributed by atoms with Crippen LogP contribution in [0.4, 0.5) is 5.69 Å². The van der Waals surface area contributed by atoms with Crippen LogP contribution in [-0.2, 0) is 6.54 Å². The van der Waals surface area contributed by atoms with Crippen LogP contribution in [0.3, 0.4) is 0 Å². The summed E-state index contributed by atoms with van der Waals surface area (Å²) in [6.45, 7) is 2.83. The lowest BCUT2D eigenvalue weighted by Gasteiger charge is -2.20. The molecule has 1 atom stereocenters. The highest BCUT2D eigenvalue weighted by Gasteiger charge is 2.06. The normalized spacial score (nSPS) is 12.2. The van der Waals surface area contributed by atoms with Crippen molar-refractivity contribution in [2.24, 2.45) is 0 Å². The fraction of sp³-hybridized carbons (Fsp3) is 0.312. The maximum absolute atomic E-state index is 9.77. The van der Waals surface area contributed by atoms with E-state index in [2.05, 4.69) is 29.1 Å². The maximum atomic E-state index is 9.77. The lowest BCUT2D eigenvalue weighted by Crippen LogP contribution is -2.16. The van der Waals surface area contributed by atoms with Crippen molar-refractivity contribution in [3.63, 3.8) is 0 Å². The zero-order valence-electron chi connectivity index (χ0n) is 11.5. The van der Waals surface area contributed by atoms with Crippen LogP contribution < -0.4 is 4.90 Å². The van der Waals surface area contributed by atoms with Gasteiger partial charge in [-0.1, -0.05) is 19.1 Å². The Balaban J connectivity index is 2.05. The van der Waals surface area contributed by atoms with Gasteiger partial charge in [-0.3, -0.25) is 4.98 Å². The van der Waals surface area contributed by atoms with Gasteiger partial charge in [0.25, 0.3) is 0 Å². The van der Waals surface area contributed by atoms with Gasteiger partial charge in [-0.25, -0.2) is 0 Å². The van der Waals surface area contributed by atoms with E-state index in [9.17, 15) is 5.11 Å². The number of aliphatic hydroxyl groups is 1. The zero-order chi connectivity index (χ0) is 13.7. The van der Waals surface area contributed by atoms with Crippen LogP contribution in [0.25, 0.3) is 0 Å². The summed E-state index contributed by atoms with van der Waals surface area (Å²) in [4.78, 5) is 6.20. The minimum Gasteiger partial charge on any atom is -0.388 e. The maximum Gasteiger partial charge on any atom is 0.0787 e. The molecule has 1 N–H and O–H groups in total. The van der Waals surface area contributed by atoms with Gasteiger partial charge in [0.15, 0.2) is 0 Å². The fourth-order valence-corrected chi connectivity index (χ4v) is 2.04. The van der Waals surface area contributed by atoms with Gasteiger partial charge in [0.1, 0.15) is 0 Å². The van der Waals surface area contributed by atoms with Crippen molar-refractivity contribution >= 4 is 5.69 Å². The molecule has 0 bridgehead atoms. The second-order valence-electron chi connectivity index (χ2n) is 4.73. The summed E-state index contributed by atoms with van der Waals surface area (Å²) in [5.41, 5.74) is 3.35. The molecule has 19 heavy (non-hydrogen) atoms. The number of aromatic nitrogens is 1. The van der Waals surface area contributed by atoms with Gasteiger partial charge in [0, 0.05) is 31.7 Å². The SMILES string of the molecule is CC[C@H](O)c1ccc(N(C)Cc2ccncc2)cc1. The van der Waals surface area contributed by atoms with Crippen LogP contribution in [0.1, 0.15) is 30.6 Å². The van der Waals surface area contributed by atoms with Gasteiger partial charge in [-0.15, -0.1) is 0 Å². The third-order valence-corrected chi connectivity index (χ3v) is 3.27. The predicted octanol–water partition coefficient (Wildman–Crippen LogP) is 3.16. The lowest BCUT2D eigenvalue weighted by atomic mass is 10.1. The molecule has 3 heteroatoms. The number of anilines is 1. The van der Waals surface area contributed by atoms with Gasteiger partial charge >= 0.3 is 0 Å². The van der Waals surface area contributed by atoms with Gasteiger partial charge in [-0.05, 0) is 41.8 Å². The summed E-state index contributed by atoms with van der Waals surface area (Å²) in [7, 11) is 2.06. The van der Waals surface area contributed by atoms with Crippen LogP contribution in [0, 0.1) is 0 Å². The molecule has 0 saturated heterocycles. The average molecular weight is 256 g/mol. The molecule has 2 rings (SSSR count). The molecular weight excluding hydrogens is 236 g/mol. The van der Waals surface area contributed by atoms with Crippen molar-refractivity contribution in [1.82, 2.24) is 4.98 Å². The van der Waals surface area contributed by atoms with Crippen LogP contribution >= 0.6 is 0 Å². The number of benzene rings is 1. The van der Waals surface area contributed by atoms with Gasteiger partial charge in [0.05, 0.1) is 6.10 Å². The molecule has 0 unspecified atom stereocenters. The molecule has 0 spiro atoms. The third-order valence-electron chi connectivity index (χ3n) is 3.27.